The maximum atomic E-state index is 5.82. The Morgan fingerprint density at radius 3 is 2.41 bits per heavy atom. The van der Waals surface area contributed by atoms with E-state index in [1.54, 1.807) is 0 Å². The van der Waals surface area contributed by atoms with Crippen LogP contribution < -0.4 is 0 Å². The highest BCUT2D eigenvalue weighted by Crippen LogP contribution is 2.15. The summed E-state index contributed by atoms with van der Waals surface area (Å²) in [5.74, 6) is 0.892. The fourth-order valence-corrected chi connectivity index (χ4v) is 1.37. The molecule has 0 saturated heterocycles. The highest BCUT2D eigenvalue weighted by Gasteiger charge is 2.01. The van der Waals surface area contributed by atoms with Crippen molar-refractivity contribution in [3.8, 4) is 0 Å². The van der Waals surface area contributed by atoms with Gasteiger partial charge in [0.15, 0.2) is 0 Å². The average molecular weight is 228 g/mol. The van der Waals surface area contributed by atoms with E-state index in [1.165, 1.54) is 5.56 Å². The zero-order valence-electron chi connectivity index (χ0n) is 10.9. The second-order valence-electron chi connectivity index (χ2n) is 4.10. The zero-order chi connectivity index (χ0) is 12.7. The van der Waals surface area contributed by atoms with E-state index in [0.29, 0.717) is 6.61 Å². The molecular formula is C16H20O. The van der Waals surface area contributed by atoms with Gasteiger partial charge in [-0.25, -0.2) is 0 Å². The van der Waals surface area contributed by atoms with E-state index in [1.807, 2.05) is 51.1 Å². The first-order valence-corrected chi connectivity index (χ1v) is 5.80. The molecule has 1 rings (SSSR count). The van der Waals surface area contributed by atoms with Crippen molar-refractivity contribution in [3.63, 3.8) is 0 Å². The largest absolute Gasteiger partial charge is 0.489 e. The number of ether oxygens (including phenoxy) is 1. The van der Waals surface area contributed by atoms with Crippen molar-refractivity contribution >= 4 is 0 Å². The van der Waals surface area contributed by atoms with Gasteiger partial charge in [-0.1, -0.05) is 48.6 Å². The Kier molecular flexibility index (Phi) is 5.28. The van der Waals surface area contributed by atoms with Gasteiger partial charge in [0, 0.05) is 0 Å². The monoisotopic (exact) mass is 228 g/mol. The first-order chi connectivity index (χ1) is 8.13. The quantitative estimate of drug-likeness (QED) is 0.527. The lowest BCUT2D eigenvalue weighted by molar-refractivity contribution is 0.206. The zero-order valence-corrected chi connectivity index (χ0v) is 10.9. The molecule has 0 fully saturated rings. The second kappa shape index (κ2) is 6.74. The predicted octanol–water partition coefficient (Wildman–Crippen LogP) is 4.63. The lowest BCUT2D eigenvalue weighted by atomic mass is 10.2. The minimum absolute atomic E-state index is 0.588. The SMILES string of the molecule is C=C(C)/C=C(OCc1ccccc1)\C(C)=C/C. The summed E-state index contributed by atoms with van der Waals surface area (Å²) in [6.45, 7) is 10.5. The molecule has 1 nitrogen and oxygen atoms in total. The van der Waals surface area contributed by atoms with E-state index in [2.05, 4.69) is 18.7 Å². The topological polar surface area (TPSA) is 9.23 Å². The highest BCUT2D eigenvalue weighted by atomic mass is 16.5. The van der Waals surface area contributed by atoms with Crippen LogP contribution in [0.1, 0.15) is 26.3 Å². The van der Waals surface area contributed by atoms with Crippen LogP contribution in [0.5, 0.6) is 0 Å². The van der Waals surface area contributed by atoms with Gasteiger partial charge in [0.2, 0.25) is 0 Å². The Balaban J connectivity index is 2.72. The average Bonchev–Trinajstić information content (AvgIpc) is 2.34. The maximum Gasteiger partial charge on any atom is 0.122 e. The molecule has 1 heteroatoms. The molecule has 0 heterocycles. The van der Waals surface area contributed by atoms with Gasteiger partial charge >= 0.3 is 0 Å². The van der Waals surface area contributed by atoms with Crippen molar-refractivity contribution in [3.05, 3.63) is 71.5 Å². The van der Waals surface area contributed by atoms with Crippen molar-refractivity contribution in [2.45, 2.75) is 27.4 Å². The lowest BCUT2D eigenvalue weighted by Gasteiger charge is -2.11. The molecule has 0 aliphatic heterocycles. The molecule has 0 radical (unpaired) electrons. The maximum absolute atomic E-state index is 5.82. The molecule has 1 aromatic rings. The summed E-state index contributed by atoms with van der Waals surface area (Å²) < 4.78 is 5.82. The Labute approximate surface area is 104 Å². The molecule has 0 aromatic heterocycles. The molecule has 17 heavy (non-hydrogen) atoms. The van der Waals surface area contributed by atoms with Crippen molar-refractivity contribution in [1.82, 2.24) is 0 Å². The predicted molar refractivity (Wildman–Crippen MR) is 73.6 cm³/mol. The Bertz CT molecular complexity index is 424. The number of benzene rings is 1. The standard InChI is InChI=1S/C16H20O/c1-5-14(4)16(11-13(2)3)17-12-15-9-7-6-8-10-15/h5-11H,2,12H2,1,3-4H3/b14-5-,16-11+. The molecular weight excluding hydrogens is 208 g/mol. The third kappa shape index (κ3) is 4.73. The molecule has 0 spiro atoms. The molecule has 90 valence electrons. The molecule has 0 aliphatic rings. The third-order valence-electron chi connectivity index (χ3n) is 2.44. The first kappa shape index (κ1) is 13.3. The smallest absolute Gasteiger partial charge is 0.122 e. The fourth-order valence-electron chi connectivity index (χ4n) is 1.37. The summed E-state index contributed by atoms with van der Waals surface area (Å²) in [4.78, 5) is 0. The van der Waals surface area contributed by atoms with E-state index in [4.69, 9.17) is 4.74 Å². The number of rotatable bonds is 5. The second-order valence-corrected chi connectivity index (χ2v) is 4.10. The van der Waals surface area contributed by atoms with Crippen LogP contribution in [-0.4, -0.2) is 0 Å². The van der Waals surface area contributed by atoms with Gasteiger partial charge in [-0.15, -0.1) is 0 Å². The minimum atomic E-state index is 0.588. The van der Waals surface area contributed by atoms with Gasteiger partial charge in [-0.2, -0.15) is 0 Å². The summed E-state index contributed by atoms with van der Waals surface area (Å²) in [5.41, 5.74) is 3.29. The number of hydrogen-bond donors (Lipinski definition) is 0. The van der Waals surface area contributed by atoms with Crippen molar-refractivity contribution < 1.29 is 4.74 Å². The number of hydrogen-bond acceptors (Lipinski definition) is 1. The highest BCUT2D eigenvalue weighted by molar-refractivity contribution is 5.30. The molecule has 0 saturated carbocycles. The van der Waals surface area contributed by atoms with Gasteiger partial charge < -0.3 is 4.74 Å². The van der Waals surface area contributed by atoms with Crippen LogP contribution in [0.15, 0.2) is 66.0 Å². The van der Waals surface area contributed by atoms with Gasteiger partial charge in [-0.05, 0) is 38.0 Å². The lowest BCUT2D eigenvalue weighted by Crippen LogP contribution is -1.95. The fraction of sp³-hybridized carbons (Fsp3) is 0.250. The third-order valence-corrected chi connectivity index (χ3v) is 2.44. The Morgan fingerprint density at radius 1 is 1.24 bits per heavy atom. The molecule has 0 unspecified atom stereocenters. The molecule has 0 bridgehead atoms. The molecule has 0 aliphatic carbocycles. The summed E-state index contributed by atoms with van der Waals surface area (Å²) in [6, 6.07) is 10.2. The summed E-state index contributed by atoms with van der Waals surface area (Å²) in [5, 5.41) is 0. The minimum Gasteiger partial charge on any atom is -0.489 e. The van der Waals surface area contributed by atoms with Crippen LogP contribution in [-0.2, 0) is 11.3 Å². The van der Waals surface area contributed by atoms with Crippen LogP contribution in [0.2, 0.25) is 0 Å². The molecule has 0 atom stereocenters. The Morgan fingerprint density at radius 2 is 1.88 bits per heavy atom. The van der Waals surface area contributed by atoms with Crippen LogP contribution in [0.25, 0.3) is 0 Å². The first-order valence-electron chi connectivity index (χ1n) is 5.80. The van der Waals surface area contributed by atoms with Crippen LogP contribution in [0, 0.1) is 0 Å². The van der Waals surface area contributed by atoms with E-state index >= 15 is 0 Å². The van der Waals surface area contributed by atoms with Crippen molar-refractivity contribution in [1.29, 1.82) is 0 Å². The normalized spacial score (nSPS) is 12.4. The van der Waals surface area contributed by atoms with E-state index in [9.17, 15) is 0 Å². The van der Waals surface area contributed by atoms with Gasteiger partial charge in [0.05, 0.1) is 0 Å². The van der Waals surface area contributed by atoms with Crippen molar-refractivity contribution in [2.75, 3.05) is 0 Å². The summed E-state index contributed by atoms with van der Waals surface area (Å²) in [6.07, 6.45) is 4.01. The Hall–Kier alpha value is -1.76. The van der Waals surface area contributed by atoms with Gasteiger partial charge in [-0.3, -0.25) is 0 Å². The molecule has 0 amide bonds. The summed E-state index contributed by atoms with van der Waals surface area (Å²) >= 11 is 0. The van der Waals surface area contributed by atoms with Crippen molar-refractivity contribution in [2.24, 2.45) is 0 Å². The molecule has 1 aromatic carbocycles. The van der Waals surface area contributed by atoms with Crippen LogP contribution >= 0.6 is 0 Å². The van der Waals surface area contributed by atoms with Gasteiger partial charge in [0.25, 0.3) is 0 Å². The van der Waals surface area contributed by atoms with Crippen LogP contribution in [0.4, 0.5) is 0 Å². The van der Waals surface area contributed by atoms with E-state index < -0.39 is 0 Å². The van der Waals surface area contributed by atoms with E-state index in [0.717, 1.165) is 16.9 Å². The summed E-state index contributed by atoms with van der Waals surface area (Å²) in [7, 11) is 0. The van der Waals surface area contributed by atoms with Gasteiger partial charge in [0.1, 0.15) is 12.4 Å². The van der Waals surface area contributed by atoms with E-state index in [-0.39, 0.29) is 0 Å². The van der Waals surface area contributed by atoms with Crippen LogP contribution in [0.3, 0.4) is 0 Å². The molecule has 0 N–H and O–H groups in total. The number of allylic oxidation sites excluding steroid dienone is 4.